The van der Waals surface area contributed by atoms with Crippen LogP contribution in [-0.2, 0) is 15.0 Å². The molecule has 1 aromatic rings. The summed E-state index contributed by atoms with van der Waals surface area (Å²) < 4.78 is 28.3. The second-order valence-corrected chi connectivity index (χ2v) is 4.15. The highest BCUT2D eigenvalue weighted by Crippen LogP contribution is 2.17. The van der Waals surface area contributed by atoms with Crippen LogP contribution in [0.3, 0.4) is 0 Å². The van der Waals surface area contributed by atoms with Gasteiger partial charge in [0.15, 0.2) is 6.61 Å². The van der Waals surface area contributed by atoms with Gasteiger partial charge in [0.25, 0.3) is 10.2 Å². The Balaban J connectivity index is 2.75. The van der Waals surface area contributed by atoms with Crippen LogP contribution < -0.4 is 14.6 Å². The van der Waals surface area contributed by atoms with Crippen LogP contribution in [0, 0.1) is 0 Å². The summed E-state index contributed by atoms with van der Waals surface area (Å²) in [5.74, 6) is -0.888. The van der Waals surface area contributed by atoms with E-state index in [2.05, 4.69) is 0 Å². The summed E-state index contributed by atoms with van der Waals surface area (Å²) in [6, 6.07) is 5.79. The summed E-state index contributed by atoms with van der Waals surface area (Å²) in [5, 5.41) is 13.1. The van der Waals surface area contributed by atoms with Crippen molar-refractivity contribution in [1.29, 1.82) is 0 Å². The van der Waals surface area contributed by atoms with E-state index in [0.29, 0.717) is 0 Å². The first-order valence-electron chi connectivity index (χ1n) is 4.12. The highest BCUT2D eigenvalue weighted by Gasteiger charge is 2.04. The number of carboxylic acids is 1. The number of carbonyl (C=O) groups is 1. The lowest BCUT2D eigenvalue weighted by molar-refractivity contribution is -0.139. The van der Waals surface area contributed by atoms with E-state index in [1.165, 1.54) is 24.3 Å². The molecule has 16 heavy (non-hydrogen) atoms. The number of aliphatic carboxylic acids is 1. The van der Waals surface area contributed by atoms with Gasteiger partial charge in [-0.1, -0.05) is 6.07 Å². The predicted octanol–water partition coefficient (Wildman–Crippen LogP) is -0.235. The van der Waals surface area contributed by atoms with Crippen molar-refractivity contribution in [1.82, 2.24) is 0 Å². The molecule has 0 atom stereocenters. The maximum absolute atomic E-state index is 10.7. The quantitative estimate of drug-likeness (QED) is 0.662. The molecule has 1 aromatic carbocycles. The zero-order valence-corrected chi connectivity index (χ0v) is 8.90. The molecule has 0 heterocycles. The van der Waals surface area contributed by atoms with Crippen LogP contribution in [0.25, 0.3) is 0 Å². The van der Waals surface area contributed by atoms with Crippen molar-refractivity contribution in [2.45, 2.75) is 0 Å². The average molecular weight is 246 g/mol. The van der Waals surface area contributed by atoms with E-state index in [1.807, 2.05) is 4.72 Å². The van der Waals surface area contributed by atoms with Gasteiger partial charge in [-0.05, 0) is 12.1 Å². The SMILES string of the molecule is NS(=O)(=O)Nc1cccc(OCC(=O)O)c1. The van der Waals surface area contributed by atoms with E-state index in [4.69, 9.17) is 15.0 Å². The Morgan fingerprint density at radius 1 is 1.50 bits per heavy atom. The molecule has 0 amide bonds. The number of hydrogen-bond acceptors (Lipinski definition) is 4. The van der Waals surface area contributed by atoms with Crippen LogP contribution in [0.2, 0.25) is 0 Å². The number of ether oxygens (including phenoxy) is 1. The maximum Gasteiger partial charge on any atom is 0.341 e. The van der Waals surface area contributed by atoms with Gasteiger partial charge < -0.3 is 9.84 Å². The summed E-state index contributed by atoms with van der Waals surface area (Å²) in [4.78, 5) is 10.2. The fourth-order valence-electron chi connectivity index (χ4n) is 0.959. The van der Waals surface area contributed by atoms with Crippen LogP contribution in [-0.4, -0.2) is 26.1 Å². The maximum atomic E-state index is 10.7. The minimum atomic E-state index is -3.85. The Morgan fingerprint density at radius 3 is 2.75 bits per heavy atom. The minimum Gasteiger partial charge on any atom is -0.482 e. The molecule has 88 valence electrons. The van der Waals surface area contributed by atoms with Gasteiger partial charge in [-0.15, -0.1) is 0 Å². The van der Waals surface area contributed by atoms with E-state index in [0.717, 1.165) is 0 Å². The zero-order chi connectivity index (χ0) is 12.2. The van der Waals surface area contributed by atoms with Gasteiger partial charge in [0, 0.05) is 6.07 Å². The highest BCUT2D eigenvalue weighted by atomic mass is 32.2. The normalized spacial score (nSPS) is 10.8. The molecule has 0 bridgehead atoms. The molecule has 0 aliphatic rings. The first-order valence-corrected chi connectivity index (χ1v) is 5.66. The molecule has 0 aliphatic heterocycles. The molecule has 0 saturated heterocycles. The van der Waals surface area contributed by atoms with E-state index < -0.39 is 22.8 Å². The number of anilines is 1. The molecule has 8 heteroatoms. The molecule has 0 unspecified atom stereocenters. The van der Waals surface area contributed by atoms with Gasteiger partial charge in [-0.2, -0.15) is 8.42 Å². The minimum absolute atomic E-state index is 0.199. The van der Waals surface area contributed by atoms with Gasteiger partial charge in [-0.25, -0.2) is 9.93 Å². The Hall–Kier alpha value is -1.80. The predicted molar refractivity (Wildman–Crippen MR) is 56.3 cm³/mol. The van der Waals surface area contributed by atoms with E-state index in [9.17, 15) is 13.2 Å². The van der Waals surface area contributed by atoms with E-state index in [-0.39, 0.29) is 11.4 Å². The standard InChI is InChI=1S/C8H10N2O5S/c9-16(13,14)10-6-2-1-3-7(4-6)15-5-8(11)12/h1-4,10H,5H2,(H,11,12)(H2,9,13,14). The number of hydrogen-bond donors (Lipinski definition) is 3. The number of nitrogens with two attached hydrogens (primary N) is 1. The zero-order valence-electron chi connectivity index (χ0n) is 8.08. The highest BCUT2D eigenvalue weighted by molar-refractivity contribution is 7.90. The van der Waals surface area contributed by atoms with E-state index >= 15 is 0 Å². The first-order chi connectivity index (χ1) is 7.37. The van der Waals surface area contributed by atoms with Crippen molar-refractivity contribution >= 4 is 21.9 Å². The molecule has 7 nitrogen and oxygen atoms in total. The second-order valence-electron chi connectivity index (χ2n) is 2.86. The van der Waals surface area contributed by atoms with Crippen LogP contribution in [0.4, 0.5) is 5.69 Å². The largest absolute Gasteiger partial charge is 0.482 e. The monoisotopic (exact) mass is 246 g/mol. The fourth-order valence-corrected chi connectivity index (χ4v) is 1.41. The van der Waals surface area contributed by atoms with Crippen molar-refractivity contribution in [3.63, 3.8) is 0 Å². The van der Waals surface area contributed by atoms with Crippen molar-refractivity contribution in [2.75, 3.05) is 11.3 Å². The average Bonchev–Trinajstić information content (AvgIpc) is 2.12. The third kappa shape index (κ3) is 4.62. The summed E-state index contributed by atoms with van der Waals surface area (Å²) in [5.41, 5.74) is 0.199. The molecule has 4 N–H and O–H groups in total. The Labute approximate surface area is 92.0 Å². The lowest BCUT2D eigenvalue weighted by atomic mass is 10.3. The first kappa shape index (κ1) is 12.3. The molecule has 1 rings (SSSR count). The van der Waals surface area contributed by atoms with Crippen molar-refractivity contribution < 1.29 is 23.1 Å². The Bertz CT molecular complexity index is 485. The summed E-state index contributed by atoms with van der Waals surface area (Å²) in [7, 11) is -3.85. The van der Waals surface area contributed by atoms with Gasteiger partial charge in [-0.3, -0.25) is 4.72 Å². The molecule has 0 spiro atoms. The van der Waals surface area contributed by atoms with Crippen molar-refractivity contribution in [3.8, 4) is 5.75 Å². The van der Waals surface area contributed by atoms with Crippen LogP contribution in [0.1, 0.15) is 0 Å². The van der Waals surface area contributed by atoms with Crippen molar-refractivity contribution in [3.05, 3.63) is 24.3 Å². The van der Waals surface area contributed by atoms with Gasteiger partial charge in [0.05, 0.1) is 5.69 Å². The fraction of sp³-hybridized carbons (Fsp3) is 0.125. The Morgan fingerprint density at radius 2 is 2.19 bits per heavy atom. The Kier molecular flexibility index (Phi) is 3.69. The molecule has 0 fully saturated rings. The lowest BCUT2D eigenvalue weighted by Crippen LogP contribution is -2.21. The number of nitrogens with one attached hydrogen (secondary N) is 1. The number of rotatable bonds is 5. The third-order valence-corrected chi connectivity index (χ3v) is 1.98. The van der Waals surface area contributed by atoms with Crippen LogP contribution in [0.5, 0.6) is 5.75 Å². The smallest absolute Gasteiger partial charge is 0.341 e. The summed E-state index contributed by atoms with van der Waals surface area (Å²) in [6.07, 6.45) is 0. The van der Waals surface area contributed by atoms with Gasteiger partial charge in [0.2, 0.25) is 0 Å². The second kappa shape index (κ2) is 4.81. The molecular weight excluding hydrogens is 236 g/mol. The molecule has 0 radical (unpaired) electrons. The molecule has 0 aromatic heterocycles. The number of benzene rings is 1. The van der Waals surface area contributed by atoms with Gasteiger partial charge in [0.1, 0.15) is 5.75 Å². The number of carboxylic acid groups (broad SMARTS) is 1. The summed E-state index contributed by atoms with van der Waals surface area (Å²) in [6.45, 7) is -0.501. The molecule has 0 saturated carbocycles. The van der Waals surface area contributed by atoms with Crippen molar-refractivity contribution in [2.24, 2.45) is 5.14 Å². The lowest BCUT2D eigenvalue weighted by Gasteiger charge is -2.06. The topological polar surface area (TPSA) is 119 Å². The third-order valence-electron chi connectivity index (χ3n) is 1.46. The van der Waals surface area contributed by atoms with Crippen LogP contribution in [0.15, 0.2) is 24.3 Å². The molecule has 0 aliphatic carbocycles. The summed E-state index contributed by atoms with van der Waals surface area (Å²) >= 11 is 0. The van der Waals surface area contributed by atoms with E-state index in [1.54, 1.807) is 0 Å². The van der Waals surface area contributed by atoms with Gasteiger partial charge >= 0.3 is 5.97 Å². The van der Waals surface area contributed by atoms with Crippen LogP contribution >= 0.6 is 0 Å². The molecular formula is C8H10N2O5S.